The summed E-state index contributed by atoms with van der Waals surface area (Å²) in [4.78, 5) is 0. The molecule has 12 atom stereocenters. The fourth-order valence-corrected chi connectivity index (χ4v) is 4.84. The molecular formula is C53H108F10O12. The lowest BCUT2D eigenvalue weighted by molar-refractivity contribution is -0.372. The van der Waals surface area contributed by atoms with E-state index in [0.29, 0.717) is 25.7 Å². The van der Waals surface area contributed by atoms with Crippen molar-refractivity contribution in [3.63, 3.8) is 0 Å². The van der Waals surface area contributed by atoms with Crippen LogP contribution in [0, 0.1) is 38.9 Å². The van der Waals surface area contributed by atoms with E-state index < -0.39 is 96.7 Å². The van der Waals surface area contributed by atoms with Crippen LogP contribution < -0.4 is 0 Å². The minimum atomic E-state index is -6.50. The summed E-state index contributed by atoms with van der Waals surface area (Å²) in [6.45, 7) is 40.0. The highest BCUT2D eigenvalue weighted by molar-refractivity contribution is 4.97. The molecule has 0 rings (SSSR count). The van der Waals surface area contributed by atoms with Crippen LogP contribution in [0.25, 0.3) is 0 Å². The summed E-state index contributed by atoms with van der Waals surface area (Å²) in [6.07, 6.45) is -21.4. The molecule has 0 aromatic rings. The van der Waals surface area contributed by atoms with E-state index in [2.05, 4.69) is 0 Å². The quantitative estimate of drug-likeness (QED) is 0.0574. The van der Waals surface area contributed by atoms with Crippen LogP contribution in [0.4, 0.5) is 43.9 Å². The van der Waals surface area contributed by atoms with Crippen molar-refractivity contribution in [3.05, 3.63) is 0 Å². The van der Waals surface area contributed by atoms with Crippen LogP contribution in [0.2, 0.25) is 0 Å². The van der Waals surface area contributed by atoms with Gasteiger partial charge in [0.15, 0.2) is 6.10 Å². The molecule has 0 radical (unpaired) electrons. The van der Waals surface area contributed by atoms with Crippen LogP contribution in [0.1, 0.15) is 204 Å². The van der Waals surface area contributed by atoms with Crippen molar-refractivity contribution in [1.82, 2.24) is 0 Å². The summed E-state index contributed by atoms with van der Waals surface area (Å²) < 4.78 is 122. The van der Waals surface area contributed by atoms with Crippen molar-refractivity contribution >= 4 is 0 Å². The zero-order valence-electron chi connectivity index (χ0n) is 49.4. The van der Waals surface area contributed by atoms with Gasteiger partial charge in [-0.3, -0.25) is 0 Å². The Labute approximate surface area is 444 Å². The minimum absolute atomic E-state index is 0.114. The fourth-order valence-electron chi connectivity index (χ4n) is 4.84. The summed E-state index contributed by atoms with van der Waals surface area (Å²) >= 11 is 0. The second-order valence-corrected chi connectivity index (χ2v) is 25.7. The van der Waals surface area contributed by atoms with Crippen molar-refractivity contribution in [3.8, 4) is 0 Å². The first-order valence-corrected chi connectivity index (χ1v) is 25.7. The molecule has 12 unspecified atom stereocenters. The molecule has 22 heteroatoms. The highest BCUT2D eigenvalue weighted by atomic mass is 19.4. The van der Waals surface area contributed by atoms with E-state index in [4.69, 9.17) is 25.5 Å². The maximum atomic E-state index is 13.0. The summed E-state index contributed by atoms with van der Waals surface area (Å²) in [5.41, 5.74) is -2.10. The summed E-state index contributed by atoms with van der Waals surface area (Å²) in [6, 6.07) is 0. The molecule has 0 saturated carbocycles. The van der Waals surface area contributed by atoms with E-state index in [1.807, 2.05) is 104 Å². The smallest absolute Gasteiger partial charge is 0.393 e. The third-order valence-electron chi connectivity index (χ3n) is 12.0. The van der Waals surface area contributed by atoms with E-state index in [9.17, 15) is 79.6 Å². The normalized spacial score (nSPS) is 18.2. The molecule has 0 aliphatic rings. The van der Waals surface area contributed by atoms with Crippen molar-refractivity contribution in [2.24, 2.45) is 38.9 Å². The van der Waals surface area contributed by atoms with Gasteiger partial charge in [-0.25, -0.2) is 0 Å². The zero-order chi connectivity index (χ0) is 62.2. The van der Waals surface area contributed by atoms with Gasteiger partial charge in [0.05, 0.1) is 61.0 Å². The van der Waals surface area contributed by atoms with Crippen LogP contribution in [0.5, 0.6) is 0 Å². The molecule has 0 aliphatic carbocycles. The molecule has 0 fully saturated rings. The Morgan fingerprint density at radius 2 is 0.533 bits per heavy atom. The summed E-state index contributed by atoms with van der Waals surface area (Å²) in [7, 11) is 0. The monoisotopic (exact) mass is 1130 g/mol. The Balaban J connectivity index is -0.000000194. The lowest BCUT2D eigenvalue weighted by Gasteiger charge is -2.34. The Hall–Kier alpha value is -1.18. The van der Waals surface area contributed by atoms with Gasteiger partial charge in [-0.1, -0.05) is 145 Å². The van der Waals surface area contributed by atoms with Gasteiger partial charge in [-0.05, 0) is 77.9 Å². The number of alkyl halides is 10. The standard InChI is InChI=1S/C11H24O2.C10H15F7O2.C9H20O2.C8H15F3O2.C8H18O2.C7H16O2/c1-10(2,3)8(12)7-9(13)11(4,5)6;1-7(2,3)5(18)4-6(19)8(11,12)9(13,14)10(15,16)17;1-6(2)8(10)5-9(11)7(3)4;1-7(2,3)5(12)4-6(13)8(9,10)11;1-6(9)5-7(10)8(2,3)4;1-3-6(8)5-7(9)4-2/h8-9,12-13H,7H2,1-6H3;5-6,18-19H,4H2,1-3H3;6-11H,5H2,1-4H3;5-6,12-13H,4H2,1-3H3;6-7,9-10H,5H2,1-4H3;6-9H,3-5H2,1-2H3. The molecule has 0 saturated heterocycles. The van der Waals surface area contributed by atoms with Gasteiger partial charge in [-0.15, -0.1) is 0 Å². The number of hydrogen-bond donors (Lipinski definition) is 12. The average Bonchev–Trinajstić information content (AvgIpc) is 3.18. The molecule has 0 bridgehead atoms. The average molecular weight is 1130 g/mol. The molecule has 12 nitrogen and oxygen atoms in total. The van der Waals surface area contributed by atoms with Gasteiger partial charge in [-0.2, -0.15) is 43.9 Å². The van der Waals surface area contributed by atoms with Gasteiger partial charge >= 0.3 is 24.2 Å². The first-order chi connectivity index (χ1) is 32.6. The third-order valence-corrected chi connectivity index (χ3v) is 12.0. The molecule has 0 aliphatic heterocycles. The van der Waals surface area contributed by atoms with Gasteiger partial charge in [0.2, 0.25) is 0 Å². The van der Waals surface area contributed by atoms with E-state index >= 15 is 0 Å². The van der Waals surface area contributed by atoms with Crippen LogP contribution >= 0.6 is 0 Å². The third kappa shape index (κ3) is 40.6. The maximum absolute atomic E-state index is 13.0. The number of hydrogen-bond acceptors (Lipinski definition) is 12. The maximum Gasteiger partial charge on any atom is 0.459 e. The molecule has 0 heterocycles. The molecule has 462 valence electrons. The van der Waals surface area contributed by atoms with Crippen LogP contribution in [-0.4, -0.2) is 159 Å². The predicted octanol–water partition coefficient (Wildman–Crippen LogP) is 10.4. The Morgan fingerprint density at radius 3 is 0.707 bits per heavy atom. The van der Waals surface area contributed by atoms with Crippen molar-refractivity contribution in [2.75, 3.05) is 0 Å². The van der Waals surface area contributed by atoms with Crippen LogP contribution in [0.3, 0.4) is 0 Å². The number of halogens is 10. The van der Waals surface area contributed by atoms with Crippen LogP contribution in [0.15, 0.2) is 0 Å². The number of rotatable bonds is 18. The first-order valence-electron chi connectivity index (χ1n) is 25.7. The van der Waals surface area contributed by atoms with Gasteiger partial charge in [0.25, 0.3) is 0 Å². The van der Waals surface area contributed by atoms with Crippen molar-refractivity contribution < 1.29 is 105 Å². The van der Waals surface area contributed by atoms with E-state index in [-0.39, 0.29) is 52.5 Å². The van der Waals surface area contributed by atoms with Crippen molar-refractivity contribution in [2.45, 2.75) is 301 Å². The van der Waals surface area contributed by atoms with E-state index in [1.165, 1.54) is 20.8 Å². The van der Waals surface area contributed by atoms with E-state index in [0.717, 1.165) is 12.8 Å². The molecular weight excluding hydrogens is 1020 g/mol. The zero-order valence-corrected chi connectivity index (χ0v) is 49.4. The van der Waals surface area contributed by atoms with E-state index in [1.54, 1.807) is 27.7 Å². The fraction of sp³-hybridized carbons (Fsp3) is 1.00. The topological polar surface area (TPSA) is 243 Å². The van der Waals surface area contributed by atoms with Crippen LogP contribution in [-0.2, 0) is 0 Å². The minimum Gasteiger partial charge on any atom is -0.393 e. The van der Waals surface area contributed by atoms with Gasteiger partial charge < -0.3 is 61.3 Å². The Kier molecular flexibility index (Phi) is 40.3. The first kappa shape index (κ1) is 85.1. The second-order valence-electron chi connectivity index (χ2n) is 25.7. The number of aliphatic hydroxyl groups is 12. The largest absolute Gasteiger partial charge is 0.459 e. The lowest BCUT2D eigenvalue weighted by atomic mass is 9.79. The molecule has 0 aromatic heterocycles. The summed E-state index contributed by atoms with van der Waals surface area (Å²) in [5, 5.41) is 111. The molecule has 0 amide bonds. The lowest BCUT2D eigenvalue weighted by Crippen LogP contribution is -2.58. The van der Waals surface area contributed by atoms with Gasteiger partial charge in [0, 0.05) is 19.3 Å². The SMILES string of the molecule is CC(C)(C)C(O)CC(O)C(C)(C)C.CC(C)(C)C(O)CC(O)C(F)(F)C(F)(F)C(F)(F)F.CC(C)(C)C(O)CC(O)C(F)(F)F.CC(C)C(O)CC(O)C(C)C.CC(O)CC(O)C(C)(C)C.CCC(O)CC(O)CC. The number of aliphatic hydroxyl groups excluding tert-OH is 12. The van der Waals surface area contributed by atoms with Gasteiger partial charge in [0.1, 0.15) is 6.10 Å². The Morgan fingerprint density at radius 1 is 0.307 bits per heavy atom. The molecule has 12 N–H and O–H groups in total. The highest BCUT2D eigenvalue weighted by Gasteiger charge is 2.75. The predicted molar refractivity (Wildman–Crippen MR) is 275 cm³/mol. The second kappa shape index (κ2) is 35.5. The van der Waals surface area contributed by atoms with Crippen molar-refractivity contribution in [1.29, 1.82) is 0 Å². The highest BCUT2D eigenvalue weighted by Crippen LogP contribution is 2.49. The molecule has 0 spiro atoms. The Bertz CT molecular complexity index is 1310. The molecule has 0 aromatic carbocycles. The molecule has 75 heavy (non-hydrogen) atoms. The summed E-state index contributed by atoms with van der Waals surface area (Å²) in [5.74, 6) is -11.6.